The van der Waals surface area contributed by atoms with Crippen LogP contribution < -0.4 is 4.74 Å². The van der Waals surface area contributed by atoms with Crippen LogP contribution in [-0.4, -0.2) is 18.0 Å². The Bertz CT molecular complexity index is 786. The number of hydrogen-bond donors (Lipinski definition) is 0. The first-order chi connectivity index (χ1) is 10.7. The Kier molecular flexibility index (Phi) is 3.79. The van der Waals surface area contributed by atoms with Crippen molar-refractivity contribution in [2.45, 2.75) is 6.92 Å². The second-order valence-electron chi connectivity index (χ2n) is 5.09. The molecule has 3 aromatic rings. The first-order valence-electron chi connectivity index (χ1n) is 7.12. The summed E-state index contributed by atoms with van der Waals surface area (Å²) in [6, 6.07) is 19.8. The summed E-state index contributed by atoms with van der Waals surface area (Å²) in [5.41, 5.74) is 4.72. The fourth-order valence-corrected chi connectivity index (χ4v) is 2.63. The van der Waals surface area contributed by atoms with Crippen molar-refractivity contribution in [2.75, 3.05) is 7.11 Å². The van der Waals surface area contributed by atoms with Gasteiger partial charge in [-0.15, -0.1) is 0 Å². The van der Waals surface area contributed by atoms with Gasteiger partial charge in [-0.3, -0.25) is 4.79 Å². The lowest BCUT2D eigenvalue weighted by atomic mass is 10.1. The second kappa shape index (κ2) is 5.90. The summed E-state index contributed by atoms with van der Waals surface area (Å²) in [6.45, 7) is 1.96. The molecule has 0 atom stereocenters. The van der Waals surface area contributed by atoms with Gasteiger partial charge in [0.05, 0.1) is 12.8 Å². The molecule has 3 nitrogen and oxygen atoms in total. The fourth-order valence-electron chi connectivity index (χ4n) is 2.63. The van der Waals surface area contributed by atoms with Gasteiger partial charge in [0.1, 0.15) is 5.75 Å². The number of methoxy groups -OCH3 is 1. The molecule has 0 aliphatic heterocycles. The van der Waals surface area contributed by atoms with E-state index in [1.54, 1.807) is 7.11 Å². The Hall–Kier alpha value is -2.81. The van der Waals surface area contributed by atoms with E-state index in [2.05, 4.69) is 4.57 Å². The van der Waals surface area contributed by atoms with Crippen molar-refractivity contribution in [3.05, 3.63) is 71.9 Å². The number of carbonyl (C=O) groups is 1. The number of aldehydes is 1. The zero-order valence-corrected chi connectivity index (χ0v) is 12.6. The Morgan fingerprint density at radius 1 is 1.00 bits per heavy atom. The first-order valence-corrected chi connectivity index (χ1v) is 7.12. The highest BCUT2D eigenvalue weighted by atomic mass is 16.5. The number of benzene rings is 2. The van der Waals surface area contributed by atoms with E-state index in [1.807, 2.05) is 67.6 Å². The number of carbonyl (C=O) groups excluding carboxylic acids is 1. The highest BCUT2D eigenvalue weighted by Crippen LogP contribution is 2.29. The van der Waals surface area contributed by atoms with E-state index in [0.29, 0.717) is 5.56 Å². The van der Waals surface area contributed by atoms with E-state index in [9.17, 15) is 4.79 Å². The van der Waals surface area contributed by atoms with Gasteiger partial charge in [0.15, 0.2) is 6.29 Å². The van der Waals surface area contributed by atoms with Gasteiger partial charge >= 0.3 is 0 Å². The number of hydrogen-bond acceptors (Lipinski definition) is 2. The topological polar surface area (TPSA) is 31.2 Å². The third-order valence-corrected chi connectivity index (χ3v) is 3.81. The molecule has 0 saturated heterocycles. The molecule has 0 radical (unpaired) electrons. The van der Waals surface area contributed by atoms with Gasteiger partial charge in [-0.2, -0.15) is 0 Å². The summed E-state index contributed by atoms with van der Waals surface area (Å²) in [5.74, 6) is 0.811. The molecule has 110 valence electrons. The minimum atomic E-state index is 0.703. The fraction of sp³-hybridized carbons (Fsp3) is 0.105. The van der Waals surface area contributed by atoms with Crippen LogP contribution in [0.3, 0.4) is 0 Å². The smallest absolute Gasteiger partial charge is 0.151 e. The Labute approximate surface area is 129 Å². The van der Waals surface area contributed by atoms with Gasteiger partial charge in [-0.25, -0.2) is 0 Å². The summed E-state index contributed by atoms with van der Waals surface area (Å²) in [4.78, 5) is 11.3. The van der Waals surface area contributed by atoms with Crippen LogP contribution in [0.2, 0.25) is 0 Å². The van der Waals surface area contributed by atoms with Crippen molar-refractivity contribution in [3.63, 3.8) is 0 Å². The lowest BCUT2D eigenvalue weighted by molar-refractivity contribution is 0.112. The molecule has 0 N–H and O–H groups in total. The van der Waals surface area contributed by atoms with Crippen LogP contribution in [-0.2, 0) is 0 Å². The molecule has 2 aromatic carbocycles. The van der Waals surface area contributed by atoms with E-state index >= 15 is 0 Å². The third-order valence-electron chi connectivity index (χ3n) is 3.81. The lowest BCUT2D eigenvalue weighted by Gasteiger charge is -2.12. The maximum Gasteiger partial charge on any atom is 0.151 e. The van der Waals surface area contributed by atoms with Gasteiger partial charge in [0.25, 0.3) is 0 Å². The minimum absolute atomic E-state index is 0.703. The van der Waals surface area contributed by atoms with E-state index in [4.69, 9.17) is 4.74 Å². The summed E-state index contributed by atoms with van der Waals surface area (Å²) < 4.78 is 7.31. The third kappa shape index (κ3) is 2.42. The Balaban J connectivity index is 2.20. The predicted molar refractivity (Wildman–Crippen MR) is 87.9 cm³/mol. The molecule has 0 bridgehead atoms. The molecule has 22 heavy (non-hydrogen) atoms. The quantitative estimate of drug-likeness (QED) is 0.672. The van der Waals surface area contributed by atoms with E-state index < -0.39 is 0 Å². The molecular weight excluding hydrogens is 274 g/mol. The van der Waals surface area contributed by atoms with Crippen LogP contribution >= 0.6 is 0 Å². The van der Waals surface area contributed by atoms with E-state index in [0.717, 1.165) is 34.7 Å². The molecule has 0 saturated carbocycles. The average molecular weight is 291 g/mol. The summed E-state index contributed by atoms with van der Waals surface area (Å²) in [7, 11) is 1.65. The Morgan fingerprint density at radius 3 is 2.27 bits per heavy atom. The molecule has 0 amide bonds. The first kappa shape index (κ1) is 14.1. The molecule has 1 heterocycles. The molecule has 1 aromatic heterocycles. The molecular formula is C19H17NO2. The molecule has 0 aliphatic rings. The molecule has 3 rings (SSSR count). The van der Waals surface area contributed by atoms with Crippen molar-refractivity contribution in [2.24, 2.45) is 0 Å². The highest BCUT2D eigenvalue weighted by molar-refractivity contribution is 5.82. The normalized spacial score (nSPS) is 10.5. The molecule has 0 fully saturated rings. The van der Waals surface area contributed by atoms with Crippen LogP contribution in [0.15, 0.2) is 60.7 Å². The summed E-state index contributed by atoms with van der Waals surface area (Å²) in [5, 5.41) is 0. The van der Waals surface area contributed by atoms with Crippen molar-refractivity contribution >= 4 is 6.29 Å². The Morgan fingerprint density at radius 2 is 1.68 bits per heavy atom. The van der Waals surface area contributed by atoms with Gasteiger partial charge in [0.2, 0.25) is 0 Å². The maximum atomic E-state index is 11.3. The lowest BCUT2D eigenvalue weighted by Crippen LogP contribution is -2.00. The number of aromatic nitrogens is 1. The molecule has 0 aliphatic carbocycles. The standard InChI is InChI=1S/C19H17NO2/c1-14-16(13-21)12-19(15-6-4-3-5-7-15)20(14)17-8-10-18(22-2)11-9-17/h3-13H,1-2H3. The van der Waals surface area contributed by atoms with E-state index in [-0.39, 0.29) is 0 Å². The number of ether oxygens (including phenoxy) is 1. The van der Waals surface area contributed by atoms with Crippen LogP contribution in [0.25, 0.3) is 16.9 Å². The van der Waals surface area contributed by atoms with Crippen molar-refractivity contribution < 1.29 is 9.53 Å². The zero-order chi connectivity index (χ0) is 15.5. The maximum absolute atomic E-state index is 11.3. The molecule has 3 heteroatoms. The monoisotopic (exact) mass is 291 g/mol. The number of rotatable bonds is 4. The van der Waals surface area contributed by atoms with Crippen LogP contribution in [0.1, 0.15) is 16.1 Å². The van der Waals surface area contributed by atoms with Crippen molar-refractivity contribution in [1.29, 1.82) is 0 Å². The highest BCUT2D eigenvalue weighted by Gasteiger charge is 2.14. The predicted octanol–water partition coefficient (Wildman–Crippen LogP) is 4.27. The minimum Gasteiger partial charge on any atom is -0.497 e. The zero-order valence-electron chi connectivity index (χ0n) is 12.6. The van der Waals surface area contributed by atoms with Crippen LogP contribution in [0.5, 0.6) is 5.75 Å². The molecule has 0 spiro atoms. The summed E-state index contributed by atoms with van der Waals surface area (Å²) >= 11 is 0. The van der Waals surface area contributed by atoms with Gasteiger partial charge < -0.3 is 9.30 Å². The average Bonchev–Trinajstić information content (AvgIpc) is 2.92. The number of nitrogens with zero attached hydrogens (tertiary/aromatic N) is 1. The van der Waals surface area contributed by atoms with Gasteiger partial charge in [0, 0.05) is 16.9 Å². The van der Waals surface area contributed by atoms with Crippen LogP contribution in [0, 0.1) is 6.92 Å². The van der Waals surface area contributed by atoms with Crippen LogP contribution in [0.4, 0.5) is 0 Å². The van der Waals surface area contributed by atoms with Gasteiger partial charge in [-0.1, -0.05) is 30.3 Å². The second-order valence-corrected chi connectivity index (χ2v) is 5.09. The summed E-state index contributed by atoms with van der Waals surface area (Å²) in [6.07, 6.45) is 0.905. The van der Waals surface area contributed by atoms with Crippen molar-refractivity contribution in [1.82, 2.24) is 4.57 Å². The van der Waals surface area contributed by atoms with E-state index in [1.165, 1.54) is 0 Å². The molecule has 0 unspecified atom stereocenters. The SMILES string of the molecule is COc1ccc(-n2c(-c3ccccc3)cc(C=O)c2C)cc1. The largest absolute Gasteiger partial charge is 0.497 e. The van der Waals surface area contributed by atoms with Crippen molar-refractivity contribution in [3.8, 4) is 22.7 Å². The van der Waals surface area contributed by atoms with Gasteiger partial charge in [-0.05, 0) is 42.8 Å².